The minimum atomic E-state index is 0.180. The molecular weight excluding hydrogens is 198 g/mol. The van der Waals surface area contributed by atoms with Gasteiger partial charge in [-0.1, -0.05) is 18.2 Å². The molecular formula is C14H19NO. The van der Waals surface area contributed by atoms with E-state index >= 15 is 0 Å². The minimum absolute atomic E-state index is 0.180. The first kappa shape index (κ1) is 10.3. The first-order chi connectivity index (χ1) is 7.75. The molecule has 1 saturated carbocycles. The first-order valence-corrected chi connectivity index (χ1v) is 6.23. The molecule has 1 heterocycles. The van der Waals surface area contributed by atoms with Crippen LogP contribution in [0.3, 0.4) is 0 Å². The smallest absolute Gasteiger partial charge is 0.0719 e. The van der Waals surface area contributed by atoms with Crippen molar-refractivity contribution >= 4 is 0 Å². The zero-order chi connectivity index (χ0) is 11.0. The molecule has 0 amide bonds. The van der Waals surface area contributed by atoms with Gasteiger partial charge in [0.15, 0.2) is 0 Å². The molecule has 1 fully saturated rings. The van der Waals surface area contributed by atoms with Crippen molar-refractivity contribution in [1.29, 1.82) is 0 Å². The lowest BCUT2D eigenvalue weighted by Gasteiger charge is -2.17. The molecule has 0 saturated heterocycles. The maximum Gasteiger partial charge on any atom is 0.0719 e. The third-order valence-electron chi connectivity index (χ3n) is 3.85. The molecule has 0 aromatic heterocycles. The maximum atomic E-state index is 6.11. The van der Waals surface area contributed by atoms with E-state index in [4.69, 9.17) is 10.5 Å². The lowest BCUT2D eigenvalue weighted by Crippen LogP contribution is -2.22. The normalized spacial score (nSPS) is 21.6. The summed E-state index contributed by atoms with van der Waals surface area (Å²) in [5.41, 5.74) is 10.6. The molecule has 16 heavy (non-hydrogen) atoms. The third kappa shape index (κ3) is 2.13. The molecule has 0 spiro atoms. The molecule has 0 radical (unpaired) electrons. The van der Waals surface area contributed by atoms with Crippen LogP contribution in [0, 0.1) is 0 Å². The van der Waals surface area contributed by atoms with E-state index in [1.165, 1.54) is 29.5 Å². The van der Waals surface area contributed by atoms with E-state index in [1.807, 2.05) is 0 Å². The van der Waals surface area contributed by atoms with Crippen LogP contribution in [-0.4, -0.2) is 12.1 Å². The molecule has 86 valence electrons. The number of aryl methyl sites for hydroxylation is 1. The Hall–Kier alpha value is -0.860. The number of nitrogens with two attached hydrogens (primary N) is 1. The van der Waals surface area contributed by atoms with E-state index in [2.05, 4.69) is 18.2 Å². The molecule has 2 heteroatoms. The van der Waals surface area contributed by atoms with Gasteiger partial charge in [-0.2, -0.15) is 0 Å². The van der Waals surface area contributed by atoms with E-state index < -0.39 is 0 Å². The van der Waals surface area contributed by atoms with Crippen LogP contribution in [0.5, 0.6) is 0 Å². The van der Waals surface area contributed by atoms with Crippen LogP contribution >= 0.6 is 0 Å². The summed E-state index contributed by atoms with van der Waals surface area (Å²) >= 11 is 0. The standard InChI is InChI=1S/C14H19NO/c15-14(6-7-14)5-3-11-1-2-13-10-16-8-4-12(13)9-11/h1-2,9H,3-8,10,15H2. The van der Waals surface area contributed by atoms with Crippen molar-refractivity contribution in [2.45, 2.75) is 44.2 Å². The second-order valence-electron chi connectivity index (χ2n) is 5.27. The van der Waals surface area contributed by atoms with Crippen LogP contribution in [0.25, 0.3) is 0 Å². The number of hydrogen-bond acceptors (Lipinski definition) is 2. The van der Waals surface area contributed by atoms with Crippen molar-refractivity contribution in [2.24, 2.45) is 5.73 Å². The third-order valence-corrected chi connectivity index (χ3v) is 3.85. The summed E-state index contributed by atoms with van der Waals surface area (Å²) < 4.78 is 5.44. The van der Waals surface area contributed by atoms with Crippen LogP contribution in [0.15, 0.2) is 18.2 Å². The molecule has 1 aromatic carbocycles. The number of fused-ring (bicyclic) bond motifs is 1. The molecule has 2 nitrogen and oxygen atoms in total. The predicted octanol–water partition coefficient (Wildman–Crippen LogP) is 2.18. The minimum Gasteiger partial charge on any atom is -0.376 e. The molecule has 3 rings (SSSR count). The Morgan fingerprint density at radius 1 is 1.25 bits per heavy atom. The molecule has 1 aromatic rings. The van der Waals surface area contributed by atoms with Crippen molar-refractivity contribution < 1.29 is 4.74 Å². The van der Waals surface area contributed by atoms with Crippen molar-refractivity contribution in [3.05, 3.63) is 34.9 Å². The fourth-order valence-corrected chi connectivity index (χ4v) is 2.38. The van der Waals surface area contributed by atoms with E-state index in [9.17, 15) is 0 Å². The molecule has 0 bridgehead atoms. The highest BCUT2D eigenvalue weighted by atomic mass is 16.5. The van der Waals surface area contributed by atoms with Crippen molar-refractivity contribution in [1.82, 2.24) is 0 Å². The van der Waals surface area contributed by atoms with Gasteiger partial charge < -0.3 is 10.5 Å². The van der Waals surface area contributed by atoms with Gasteiger partial charge >= 0.3 is 0 Å². The predicted molar refractivity (Wildman–Crippen MR) is 64.3 cm³/mol. The fraction of sp³-hybridized carbons (Fsp3) is 0.571. The monoisotopic (exact) mass is 217 g/mol. The zero-order valence-corrected chi connectivity index (χ0v) is 9.67. The largest absolute Gasteiger partial charge is 0.376 e. The van der Waals surface area contributed by atoms with Gasteiger partial charge in [0, 0.05) is 5.54 Å². The lowest BCUT2D eigenvalue weighted by molar-refractivity contribution is 0.110. The van der Waals surface area contributed by atoms with Crippen LogP contribution in [0.4, 0.5) is 0 Å². The lowest BCUT2D eigenvalue weighted by atomic mass is 9.97. The van der Waals surface area contributed by atoms with Crippen LogP contribution in [-0.2, 0) is 24.2 Å². The highest BCUT2D eigenvalue weighted by Crippen LogP contribution is 2.36. The Bertz CT molecular complexity index is 396. The summed E-state index contributed by atoms with van der Waals surface area (Å²) in [5, 5.41) is 0. The van der Waals surface area contributed by atoms with Gasteiger partial charge in [-0.05, 0) is 48.8 Å². The van der Waals surface area contributed by atoms with Gasteiger partial charge in [-0.15, -0.1) is 0 Å². The highest BCUT2D eigenvalue weighted by molar-refractivity contribution is 5.33. The quantitative estimate of drug-likeness (QED) is 0.842. The Labute approximate surface area is 96.8 Å². The van der Waals surface area contributed by atoms with Gasteiger partial charge in [0.1, 0.15) is 0 Å². The Morgan fingerprint density at radius 3 is 2.94 bits per heavy atom. The SMILES string of the molecule is NC1(CCc2ccc3c(c2)CCOC3)CC1. The Morgan fingerprint density at radius 2 is 2.12 bits per heavy atom. The maximum absolute atomic E-state index is 6.11. The molecule has 2 N–H and O–H groups in total. The summed E-state index contributed by atoms with van der Waals surface area (Å²) in [6, 6.07) is 6.81. The average molecular weight is 217 g/mol. The van der Waals surface area contributed by atoms with Crippen molar-refractivity contribution in [3.63, 3.8) is 0 Å². The van der Waals surface area contributed by atoms with Crippen LogP contribution < -0.4 is 5.73 Å². The van der Waals surface area contributed by atoms with Gasteiger partial charge in [0.25, 0.3) is 0 Å². The molecule has 2 aliphatic rings. The summed E-state index contributed by atoms with van der Waals surface area (Å²) in [6.07, 6.45) is 5.77. The Balaban J connectivity index is 1.70. The first-order valence-electron chi connectivity index (χ1n) is 6.23. The van der Waals surface area contributed by atoms with E-state index in [-0.39, 0.29) is 5.54 Å². The van der Waals surface area contributed by atoms with Gasteiger partial charge in [0.05, 0.1) is 13.2 Å². The molecule has 0 atom stereocenters. The van der Waals surface area contributed by atoms with Crippen molar-refractivity contribution in [2.75, 3.05) is 6.61 Å². The van der Waals surface area contributed by atoms with Gasteiger partial charge in [-0.3, -0.25) is 0 Å². The van der Waals surface area contributed by atoms with Gasteiger partial charge in [0.2, 0.25) is 0 Å². The number of benzene rings is 1. The second-order valence-corrected chi connectivity index (χ2v) is 5.27. The average Bonchev–Trinajstić information content (AvgIpc) is 3.05. The van der Waals surface area contributed by atoms with E-state index in [1.54, 1.807) is 0 Å². The van der Waals surface area contributed by atoms with Crippen LogP contribution in [0.1, 0.15) is 36.0 Å². The topological polar surface area (TPSA) is 35.2 Å². The number of rotatable bonds is 3. The zero-order valence-electron chi connectivity index (χ0n) is 9.67. The Kier molecular flexibility index (Phi) is 2.49. The second kappa shape index (κ2) is 3.86. The van der Waals surface area contributed by atoms with Crippen molar-refractivity contribution in [3.8, 4) is 0 Å². The molecule has 1 aliphatic carbocycles. The highest BCUT2D eigenvalue weighted by Gasteiger charge is 2.37. The fourth-order valence-electron chi connectivity index (χ4n) is 2.38. The summed E-state index contributed by atoms with van der Waals surface area (Å²) in [6.45, 7) is 1.66. The number of ether oxygens (including phenoxy) is 1. The number of hydrogen-bond donors (Lipinski definition) is 1. The van der Waals surface area contributed by atoms with E-state index in [0.29, 0.717) is 0 Å². The molecule has 0 unspecified atom stereocenters. The van der Waals surface area contributed by atoms with Crippen LogP contribution in [0.2, 0.25) is 0 Å². The van der Waals surface area contributed by atoms with Gasteiger partial charge in [-0.25, -0.2) is 0 Å². The van der Waals surface area contributed by atoms with E-state index in [0.717, 1.165) is 32.5 Å². The summed E-state index contributed by atoms with van der Waals surface area (Å²) in [5.74, 6) is 0. The summed E-state index contributed by atoms with van der Waals surface area (Å²) in [4.78, 5) is 0. The summed E-state index contributed by atoms with van der Waals surface area (Å²) in [7, 11) is 0. The molecule has 1 aliphatic heterocycles.